The van der Waals surface area contributed by atoms with Crippen LogP contribution in [0.2, 0.25) is 0 Å². The predicted molar refractivity (Wildman–Crippen MR) is 129 cm³/mol. The van der Waals surface area contributed by atoms with Gasteiger partial charge in [-0.1, -0.05) is 90.9 Å². The number of nitrogens with zero attached hydrogens (tertiary/aromatic N) is 3. The van der Waals surface area contributed by atoms with E-state index >= 15 is 0 Å². The van der Waals surface area contributed by atoms with Crippen LogP contribution >= 0.6 is 0 Å². The lowest BCUT2D eigenvalue weighted by Crippen LogP contribution is -1.95. The predicted octanol–water partition coefficient (Wildman–Crippen LogP) is 8.12. The van der Waals surface area contributed by atoms with Gasteiger partial charge in [-0.15, -0.1) is 0 Å². The highest BCUT2D eigenvalue weighted by Crippen LogP contribution is 2.16. The summed E-state index contributed by atoms with van der Waals surface area (Å²) >= 11 is 0. The maximum Gasteiger partial charge on any atom is 0.160 e. The minimum absolute atomic E-state index is 0.785. The summed E-state index contributed by atoms with van der Waals surface area (Å²) < 4.78 is 0. The van der Waals surface area contributed by atoms with Gasteiger partial charge in [-0.05, 0) is 43.4 Å². The van der Waals surface area contributed by atoms with E-state index in [1.807, 2.05) is 18.6 Å². The highest BCUT2D eigenvalue weighted by Gasteiger charge is 2.04. The Labute approximate surface area is 185 Å². The Morgan fingerprint density at radius 1 is 0.533 bits per heavy atom. The second-order valence-electron chi connectivity index (χ2n) is 8.70. The highest BCUT2D eigenvalue weighted by atomic mass is 14.9. The number of aromatic nitrogens is 3. The van der Waals surface area contributed by atoms with Gasteiger partial charge in [-0.2, -0.15) is 0 Å². The largest absolute Gasteiger partial charge is 0.261 e. The van der Waals surface area contributed by atoms with Crippen LogP contribution in [0.25, 0.3) is 11.4 Å². The minimum Gasteiger partial charge on any atom is -0.261 e. The normalized spacial score (nSPS) is 11.1. The van der Waals surface area contributed by atoms with Crippen LogP contribution in [-0.2, 0) is 12.8 Å². The zero-order valence-corrected chi connectivity index (χ0v) is 19.5. The lowest BCUT2D eigenvalue weighted by atomic mass is 10.1. The van der Waals surface area contributed by atoms with Crippen molar-refractivity contribution in [3.8, 4) is 11.4 Å². The third kappa shape index (κ3) is 10.3. The molecule has 0 fully saturated rings. The fourth-order valence-corrected chi connectivity index (χ4v) is 3.89. The maximum atomic E-state index is 4.64. The molecule has 0 amide bonds. The number of unbranched alkanes of at least 4 members (excludes halogenated alkanes) is 12. The van der Waals surface area contributed by atoms with E-state index in [1.165, 1.54) is 101 Å². The van der Waals surface area contributed by atoms with Gasteiger partial charge < -0.3 is 0 Å². The van der Waals surface area contributed by atoms with Crippen LogP contribution in [0.1, 0.15) is 115 Å². The number of hydrogen-bond acceptors (Lipinski definition) is 3. The van der Waals surface area contributed by atoms with Crippen molar-refractivity contribution < 1.29 is 0 Å². The van der Waals surface area contributed by atoms with Gasteiger partial charge in [0.2, 0.25) is 0 Å². The molecule has 2 aromatic heterocycles. The first kappa shape index (κ1) is 24.5. The van der Waals surface area contributed by atoms with Crippen LogP contribution in [0, 0.1) is 0 Å². The molecular formula is C27H43N3. The van der Waals surface area contributed by atoms with Gasteiger partial charge in [0, 0.05) is 29.8 Å². The molecule has 0 aliphatic heterocycles. The Kier molecular flexibility index (Phi) is 13.1. The monoisotopic (exact) mass is 409 g/mol. The number of rotatable bonds is 17. The van der Waals surface area contributed by atoms with Gasteiger partial charge in [0.05, 0.1) is 0 Å². The summed E-state index contributed by atoms with van der Waals surface area (Å²) in [6.07, 6.45) is 26.8. The number of hydrogen-bond donors (Lipinski definition) is 0. The summed E-state index contributed by atoms with van der Waals surface area (Å²) in [6.45, 7) is 4.54. The molecule has 0 bridgehead atoms. The van der Waals surface area contributed by atoms with E-state index < -0.39 is 0 Å². The molecule has 0 radical (unpaired) electrons. The first-order valence-electron chi connectivity index (χ1n) is 12.6. The Balaban J connectivity index is 1.65. The van der Waals surface area contributed by atoms with Crippen molar-refractivity contribution in [1.29, 1.82) is 0 Å². The summed E-state index contributed by atoms with van der Waals surface area (Å²) in [5, 5.41) is 0. The fraction of sp³-hybridized carbons (Fsp3) is 0.667. The lowest BCUT2D eigenvalue weighted by molar-refractivity contribution is 0.587. The molecule has 3 nitrogen and oxygen atoms in total. The third-order valence-corrected chi connectivity index (χ3v) is 5.89. The Hall–Kier alpha value is -1.77. The molecule has 2 aromatic rings. The average Bonchev–Trinajstić information content (AvgIpc) is 2.79. The molecule has 166 valence electrons. The topological polar surface area (TPSA) is 38.7 Å². The summed E-state index contributed by atoms with van der Waals surface area (Å²) in [6, 6.07) is 4.26. The van der Waals surface area contributed by atoms with Crippen molar-refractivity contribution >= 4 is 0 Å². The molecular weight excluding hydrogens is 366 g/mol. The Bertz CT molecular complexity index is 589. The zero-order chi connectivity index (χ0) is 21.3. The molecule has 3 heteroatoms. The van der Waals surface area contributed by atoms with Gasteiger partial charge in [-0.25, -0.2) is 9.97 Å². The summed E-state index contributed by atoms with van der Waals surface area (Å²) in [4.78, 5) is 13.8. The highest BCUT2D eigenvalue weighted by molar-refractivity contribution is 5.53. The standard InChI is InChI=1S/C27H43N3/c1-3-5-7-9-11-13-15-17-24-21-29-27(30-22-24)25-19-20-26(28-23-25)18-16-14-12-10-8-6-4-2/h19-23H,3-18H2,1-2H3. The van der Waals surface area contributed by atoms with Crippen LogP contribution < -0.4 is 0 Å². The average molecular weight is 410 g/mol. The minimum atomic E-state index is 0.785. The van der Waals surface area contributed by atoms with E-state index in [2.05, 4.69) is 40.9 Å². The van der Waals surface area contributed by atoms with Crippen molar-refractivity contribution in [2.75, 3.05) is 0 Å². The van der Waals surface area contributed by atoms with Gasteiger partial charge in [-0.3, -0.25) is 4.98 Å². The van der Waals surface area contributed by atoms with Crippen molar-refractivity contribution in [3.05, 3.63) is 42.0 Å². The van der Waals surface area contributed by atoms with Crippen molar-refractivity contribution in [1.82, 2.24) is 15.0 Å². The maximum absolute atomic E-state index is 4.64. The molecule has 0 spiro atoms. The van der Waals surface area contributed by atoms with Crippen LogP contribution in [0.4, 0.5) is 0 Å². The second kappa shape index (κ2) is 16.0. The zero-order valence-electron chi connectivity index (χ0n) is 19.5. The smallest absolute Gasteiger partial charge is 0.160 e. The summed E-state index contributed by atoms with van der Waals surface area (Å²) in [5.74, 6) is 0.785. The second-order valence-corrected chi connectivity index (χ2v) is 8.70. The number of aryl methyl sites for hydroxylation is 2. The molecule has 30 heavy (non-hydrogen) atoms. The molecule has 0 saturated carbocycles. The first-order chi connectivity index (χ1) is 14.8. The number of pyridine rings is 1. The molecule has 0 N–H and O–H groups in total. The summed E-state index contributed by atoms with van der Waals surface area (Å²) in [7, 11) is 0. The van der Waals surface area contributed by atoms with E-state index in [-0.39, 0.29) is 0 Å². The van der Waals surface area contributed by atoms with Gasteiger partial charge in [0.1, 0.15) is 0 Å². The molecule has 2 heterocycles. The van der Waals surface area contributed by atoms with Crippen LogP contribution in [-0.4, -0.2) is 15.0 Å². The van der Waals surface area contributed by atoms with Gasteiger partial charge >= 0.3 is 0 Å². The molecule has 0 atom stereocenters. The van der Waals surface area contributed by atoms with Crippen LogP contribution in [0.15, 0.2) is 30.7 Å². The van der Waals surface area contributed by atoms with E-state index in [9.17, 15) is 0 Å². The van der Waals surface area contributed by atoms with Crippen LogP contribution in [0.3, 0.4) is 0 Å². The van der Waals surface area contributed by atoms with Crippen LogP contribution in [0.5, 0.6) is 0 Å². The molecule has 0 aliphatic rings. The van der Waals surface area contributed by atoms with E-state index in [0.717, 1.165) is 24.2 Å². The molecule has 0 aliphatic carbocycles. The van der Waals surface area contributed by atoms with Crippen molar-refractivity contribution in [2.45, 2.75) is 117 Å². The third-order valence-electron chi connectivity index (χ3n) is 5.89. The van der Waals surface area contributed by atoms with E-state index in [1.54, 1.807) is 0 Å². The Morgan fingerprint density at radius 2 is 1.07 bits per heavy atom. The lowest BCUT2D eigenvalue weighted by Gasteiger charge is -2.05. The molecule has 0 saturated heterocycles. The van der Waals surface area contributed by atoms with E-state index in [0.29, 0.717) is 0 Å². The quantitative estimate of drug-likeness (QED) is 0.248. The molecule has 0 unspecified atom stereocenters. The first-order valence-corrected chi connectivity index (χ1v) is 12.6. The summed E-state index contributed by atoms with van der Waals surface area (Å²) in [5.41, 5.74) is 3.44. The SMILES string of the molecule is CCCCCCCCCc1cnc(-c2ccc(CCCCCCCCC)nc2)nc1. The van der Waals surface area contributed by atoms with Gasteiger partial charge in [0.15, 0.2) is 5.82 Å². The van der Waals surface area contributed by atoms with Crippen molar-refractivity contribution in [3.63, 3.8) is 0 Å². The van der Waals surface area contributed by atoms with Crippen molar-refractivity contribution in [2.24, 2.45) is 0 Å². The molecule has 2 rings (SSSR count). The fourth-order valence-electron chi connectivity index (χ4n) is 3.89. The van der Waals surface area contributed by atoms with Gasteiger partial charge in [0.25, 0.3) is 0 Å². The molecule has 0 aromatic carbocycles. The van der Waals surface area contributed by atoms with E-state index in [4.69, 9.17) is 0 Å². The Morgan fingerprint density at radius 3 is 1.60 bits per heavy atom.